The summed E-state index contributed by atoms with van der Waals surface area (Å²) in [6, 6.07) is 17.9. The maximum atomic E-state index is 13.6. The van der Waals surface area contributed by atoms with Gasteiger partial charge in [0, 0.05) is 22.1 Å². The fraction of sp³-hybridized carbons (Fsp3) is 0.308. The maximum absolute atomic E-state index is 13.6. The van der Waals surface area contributed by atoms with E-state index in [4.69, 9.17) is 0 Å². The van der Waals surface area contributed by atoms with Crippen LogP contribution in [0.25, 0.3) is 10.8 Å². The largest absolute Gasteiger partial charge is 0.373 e. The van der Waals surface area contributed by atoms with Crippen molar-refractivity contribution in [3.05, 3.63) is 71.5 Å². The molecule has 1 atom stereocenters. The summed E-state index contributed by atoms with van der Waals surface area (Å²) in [4.78, 5) is 13.4. The first-order valence-electron chi connectivity index (χ1n) is 10.8. The number of nitriles is 1. The Bertz CT molecular complexity index is 1150. The second kappa shape index (κ2) is 9.18. The van der Waals surface area contributed by atoms with Gasteiger partial charge in [-0.05, 0) is 61.6 Å². The van der Waals surface area contributed by atoms with Crippen molar-refractivity contribution in [2.24, 2.45) is 5.92 Å². The molecule has 1 aliphatic carbocycles. The van der Waals surface area contributed by atoms with Crippen molar-refractivity contribution in [1.29, 1.82) is 5.26 Å². The van der Waals surface area contributed by atoms with Crippen LogP contribution in [0.5, 0.6) is 0 Å². The Hall–Kier alpha value is -3.39. The Kier molecular flexibility index (Phi) is 6.18. The number of hydrogen-bond donors (Lipinski definition) is 2. The summed E-state index contributed by atoms with van der Waals surface area (Å²) >= 11 is 0. The first-order chi connectivity index (χ1) is 15.1. The van der Waals surface area contributed by atoms with Crippen LogP contribution < -0.4 is 10.6 Å². The molecule has 31 heavy (non-hydrogen) atoms. The minimum Gasteiger partial charge on any atom is -0.373 e. The number of halogens is 1. The first kappa shape index (κ1) is 20.9. The normalized spacial score (nSPS) is 15.3. The van der Waals surface area contributed by atoms with Crippen LogP contribution in [0.15, 0.2) is 54.6 Å². The van der Waals surface area contributed by atoms with Crippen molar-refractivity contribution in [3.63, 3.8) is 0 Å². The molecule has 0 saturated heterocycles. The summed E-state index contributed by atoms with van der Waals surface area (Å²) in [6.45, 7) is 1.69. The zero-order valence-corrected chi connectivity index (χ0v) is 17.6. The second-order valence-corrected chi connectivity index (χ2v) is 8.29. The fourth-order valence-electron chi connectivity index (χ4n) is 4.50. The van der Waals surface area contributed by atoms with Gasteiger partial charge in [-0.3, -0.25) is 4.79 Å². The Labute approximate surface area is 182 Å². The summed E-state index contributed by atoms with van der Waals surface area (Å²) in [5.74, 6) is -0.194. The van der Waals surface area contributed by atoms with E-state index in [1.165, 1.54) is 12.5 Å². The summed E-state index contributed by atoms with van der Waals surface area (Å²) in [5, 5.41) is 17.7. The van der Waals surface area contributed by atoms with Gasteiger partial charge in [0.25, 0.3) is 0 Å². The number of benzene rings is 3. The highest BCUT2D eigenvalue weighted by atomic mass is 19.1. The highest BCUT2D eigenvalue weighted by molar-refractivity contribution is 6.01. The van der Waals surface area contributed by atoms with E-state index in [2.05, 4.69) is 16.7 Å². The van der Waals surface area contributed by atoms with Crippen LogP contribution in [0.2, 0.25) is 0 Å². The smallest absolute Gasteiger partial charge is 0.247 e. The predicted octanol–water partition coefficient (Wildman–Crippen LogP) is 6.16. The predicted molar refractivity (Wildman–Crippen MR) is 122 cm³/mol. The van der Waals surface area contributed by atoms with Crippen LogP contribution in [0, 0.1) is 30.0 Å². The van der Waals surface area contributed by atoms with E-state index >= 15 is 0 Å². The maximum Gasteiger partial charge on any atom is 0.247 e. The molecule has 1 aliphatic rings. The molecule has 2 N–H and O–H groups in total. The molecule has 1 fully saturated rings. The zero-order chi connectivity index (χ0) is 21.8. The standard InChI is InChI=1S/C26H26FN3O/c1-17-15-20(12-13-23(17)27)29-26(31)25(18-7-3-2-4-8-18)30-24-14-11-19(16-28)21-9-5-6-10-22(21)24/h5-6,9-15,18,25,30H,2-4,7-8H2,1H3,(H,29,31)/t25-/m0/s1. The lowest BCUT2D eigenvalue weighted by atomic mass is 9.83. The number of anilines is 2. The Morgan fingerprint density at radius 3 is 2.52 bits per heavy atom. The number of carbonyl (C=O) groups is 1. The number of rotatable bonds is 5. The lowest BCUT2D eigenvalue weighted by molar-refractivity contribution is -0.118. The van der Waals surface area contributed by atoms with E-state index in [9.17, 15) is 14.4 Å². The molecule has 0 aromatic heterocycles. The third kappa shape index (κ3) is 4.54. The molecule has 3 aromatic carbocycles. The van der Waals surface area contributed by atoms with Crippen LogP contribution in [0.4, 0.5) is 15.8 Å². The van der Waals surface area contributed by atoms with Crippen molar-refractivity contribution in [2.45, 2.75) is 45.1 Å². The molecule has 0 bridgehead atoms. The van der Waals surface area contributed by atoms with Crippen molar-refractivity contribution in [3.8, 4) is 6.07 Å². The molecule has 0 radical (unpaired) electrons. The average Bonchev–Trinajstić information content (AvgIpc) is 2.80. The monoisotopic (exact) mass is 415 g/mol. The molecular formula is C26H26FN3O. The van der Waals surface area contributed by atoms with Gasteiger partial charge in [0.15, 0.2) is 0 Å². The van der Waals surface area contributed by atoms with Gasteiger partial charge in [0.1, 0.15) is 11.9 Å². The van der Waals surface area contributed by atoms with Crippen molar-refractivity contribution < 1.29 is 9.18 Å². The van der Waals surface area contributed by atoms with Crippen LogP contribution in [-0.4, -0.2) is 11.9 Å². The molecule has 0 unspecified atom stereocenters. The van der Waals surface area contributed by atoms with Crippen molar-refractivity contribution in [1.82, 2.24) is 0 Å². The van der Waals surface area contributed by atoms with Crippen LogP contribution in [-0.2, 0) is 4.79 Å². The van der Waals surface area contributed by atoms with Crippen molar-refractivity contribution >= 4 is 28.1 Å². The Balaban J connectivity index is 1.66. The van der Waals surface area contributed by atoms with Gasteiger partial charge in [-0.15, -0.1) is 0 Å². The highest BCUT2D eigenvalue weighted by Gasteiger charge is 2.30. The topological polar surface area (TPSA) is 64.9 Å². The van der Waals surface area contributed by atoms with Gasteiger partial charge in [-0.1, -0.05) is 43.5 Å². The lowest BCUT2D eigenvalue weighted by Gasteiger charge is -2.31. The second-order valence-electron chi connectivity index (χ2n) is 8.29. The van der Waals surface area contributed by atoms with E-state index in [0.717, 1.165) is 42.1 Å². The number of amides is 1. The summed E-state index contributed by atoms with van der Waals surface area (Å²) in [6.07, 6.45) is 5.39. The molecule has 0 heterocycles. The molecule has 0 aliphatic heterocycles. The Morgan fingerprint density at radius 1 is 1.06 bits per heavy atom. The third-order valence-corrected chi connectivity index (χ3v) is 6.18. The van der Waals surface area contributed by atoms with Crippen LogP contribution in [0.3, 0.4) is 0 Å². The molecule has 158 valence electrons. The van der Waals surface area contributed by atoms with Gasteiger partial charge in [0.05, 0.1) is 11.6 Å². The quantitative estimate of drug-likeness (QED) is 0.525. The molecule has 5 heteroatoms. The minimum absolute atomic E-state index is 0.119. The SMILES string of the molecule is Cc1cc(NC(=O)[C@@H](Nc2ccc(C#N)c3ccccc23)C2CCCCC2)ccc1F. The van der Waals surface area contributed by atoms with E-state index in [1.807, 2.05) is 30.3 Å². The molecule has 3 aromatic rings. The van der Waals surface area contributed by atoms with E-state index < -0.39 is 6.04 Å². The van der Waals surface area contributed by atoms with Gasteiger partial charge >= 0.3 is 0 Å². The molecule has 1 amide bonds. The summed E-state index contributed by atoms with van der Waals surface area (Å²) < 4.78 is 13.6. The molecule has 1 saturated carbocycles. The minimum atomic E-state index is -0.415. The molecule has 4 rings (SSSR count). The van der Waals surface area contributed by atoms with Crippen molar-refractivity contribution in [2.75, 3.05) is 10.6 Å². The zero-order valence-electron chi connectivity index (χ0n) is 17.6. The lowest BCUT2D eigenvalue weighted by Crippen LogP contribution is -2.41. The Morgan fingerprint density at radius 2 is 1.81 bits per heavy atom. The van der Waals surface area contributed by atoms with Gasteiger partial charge in [-0.2, -0.15) is 5.26 Å². The number of nitrogens with one attached hydrogen (secondary N) is 2. The average molecular weight is 416 g/mol. The number of hydrogen-bond acceptors (Lipinski definition) is 3. The van der Waals surface area contributed by atoms with E-state index in [-0.39, 0.29) is 17.6 Å². The van der Waals surface area contributed by atoms with Gasteiger partial charge < -0.3 is 10.6 Å². The summed E-state index contributed by atoms with van der Waals surface area (Å²) in [5.41, 5.74) is 2.55. The number of nitrogens with zero attached hydrogens (tertiary/aromatic N) is 1. The van der Waals surface area contributed by atoms with Crippen LogP contribution in [0.1, 0.15) is 43.2 Å². The summed E-state index contributed by atoms with van der Waals surface area (Å²) in [7, 11) is 0. The third-order valence-electron chi connectivity index (χ3n) is 6.18. The van der Waals surface area contributed by atoms with E-state index in [0.29, 0.717) is 16.8 Å². The number of fused-ring (bicyclic) bond motifs is 1. The van der Waals surface area contributed by atoms with Gasteiger partial charge in [0.2, 0.25) is 5.91 Å². The fourth-order valence-corrected chi connectivity index (χ4v) is 4.50. The first-order valence-corrected chi connectivity index (χ1v) is 10.8. The molecule has 4 nitrogen and oxygen atoms in total. The molecule has 0 spiro atoms. The number of carbonyl (C=O) groups excluding carboxylic acids is 1. The molecular weight excluding hydrogens is 389 g/mol. The number of aryl methyl sites for hydroxylation is 1. The van der Waals surface area contributed by atoms with Crippen LogP contribution >= 0.6 is 0 Å². The van der Waals surface area contributed by atoms with Gasteiger partial charge in [-0.25, -0.2) is 4.39 Å². The highest BCUT2D eigenvalue weighted by Crippen LogP contribution is 2.32. The van der Waals surface area contributed by atoms with E-state index in [1.54, 1.807) is 25.1 Å².